The molecule has 0 aliphatic rings. The van der Waals surface area contributed by atoms with Crippen molar-refractivity contribution in [1.82, 2.24) is 19.5 Å². The van der Waals surface area contributed by atoms with Gasteiger partial charge < -0.3 is 29.2 Å². The molecular formula is C20H16N4O6. The number of rotatable bonds is 7. The number of hydrogen-bond acceptors (Lipinski definition) is 6. The number of ether oxygens (including phenoxy) is 2. The lowest BCUT2D eigenvalue weighted by atomic mass is 10.1. The van der Waals surface area contributed by atoms with Gasteiger partial charge in [0.2, 0.25) is 0 Å². The lowest BCUT2D eigenvalue weighted by Crippen LogP contribution is -2.13. The van der Waals surface area contributed by atoms with Crippen molar-refractivity contribution in [3.05, 3.63) is 72.1 Å². The fourth-order valence-electron chi connectivity index (χ4n) is 3.00. The van der Waals surface area contributed by atoms with Gasteiger partial charge >= 0.3 is 11.9 Å². The van der Waals surface area contributed by atoms with Crippen LogP contribution in [0.3, 0.4) is 0 Å². The molecule has 0 aliphatic carbocycles. The van der Waals surface area contributed by atoms with Gasteiger partial charge in [-0.3, -0.25) is 0 Å². The fourth-order valence-corrected chi connectivity index (χ4v) is 3.00. The van der Waals surface area contributed by atoms with Crippen LogP contribution in [0.5, 0.6) is 5.75 Å². The molecule has 4 rings (SSSR count). The van der Waals surface area contributed by atoms with Gasteiger partial charge in [-0.1, -0.05) is 0 Å². The van der Waals surface area contributed by atoms with Crippen molar-refractivity contribution in [3.8, 4) is 11.4 Å². The molecule has 30 heavy (non-hydrogen) atoms. The van der Waals surface area contributed by atoms with Crippen LogP contribution in [0.4, 0.5) is 0 Å². The second-order valence-corrected chi connectivity index (χ2v) is 6.30. The Balaban J connectivity index is 1.64. The first kappa shape index (κ1) is 19.2. The second-order valence-electron chi connectivity index (χ2n) is 6.30. The SMILES string of the molecule is COC(Oc1ccc(C(=O)O)c(C(=O)O)c1)c1nc2ccc(-n3ccnc3)cc2[nH]1. The topological polar surface area (TPSA) is 140 Å². The molecule has 0 spiro atoms. The maximum atomic E-state index is 11.4. The molecule has 1 unspecified atom stereocenters. The van der Waals surface area contributed by atoms with E-state index < -0.39 is 18.2 Å². The highest BCUT2D eigenvalue weighted by atomic mass is 16.7. The molecule has 10 heteroatoms. The summed E-state index contributed by atoms with van der Waals surface area (Å²) < 4.78 is 12.9. The average Bonchev–Trinajstić information content (AvgIpc) is 3.40. The predicted molar refractivity (Wildman–Crippen MR) is 104 cm³/mol. The minimum atomic E-state index is -1.37. The summed E-state index contributed by atoms with van der Waals surface area (Å²) in [5.41, 5.74) is 1.60. The Hall–Kier alpha value is -4.18. The molecule has 1 atom stereocenters. The van der Waals surface area contributed by atoms with Gasteiger partial charge in [-0.25, -0.2) is 19.6 Å². The summed E-state index contributed by atoms with van der Waals surface area (Å²) in [6.07, 6.45) is 4.21. The minimum absolute atomic E-state index is 0.129. The number of fused-ring (bicyclic) bond motifs is 1. The number of carbonyl (C=O) groups is 2. The second kappa shape index (κ2) is 7.68. The highest BCUT2D eigenvalue weighted by Crippen LogP contribution is 2.26. The van der Waals surface area contributed by atoms with Crippen LogP contribution in [0.1, 0.15) is 32.8 Å². The van der Waals surface area contributed by atoms with Crippen molar-refractivity contribution >= 4 is 23.0 Å². The third kappa shape index (κ3) is 3.59. The van der Waals surface area contributed by atoms with Crippen molar-refractivity contribution in [2.45, 2.75) is 6.29 Å². The largest absolute Gasteiger partial charge is 0.478 e. The normalized spacial score (nSPS) is 12.0. The summed E-state index contributed by atoms with van der Waals surface area (Å²) in [5.74, 6) is -2.21. The van der Waals surface area contributed by atoms with Crippen LogP contribution in [-0.2, 0) is 4.74 Å². The maximum absolute atomic E-state index is 11.4. The Morgan fingerprint density at radius 3 is 2.57 bits per heavy atom. The molecule has 3 N–H and O–H groups in total. The minimum Gasteiger partial charge on any atom is -0.478 e. The number of aromatic amines is 1. The molecule has 0 amide bonds. The van der Waals surface area contributed by atoms with Crippen molar-refractivity contribution in [1.29, 1.82) is 0 Å². The van der Waals surface area contributed by atoms with E-state index in [4.69, 9.17) is 14.6 Å². The summed E-state index contributed by atoms with van der Waals surface area (Å²) in [4.78, 5) is 34.2. The zero-order valence-electron chi connectivity index (χ0n) is 15.6. The lowest BCUT2D eigenvalue weighted by Gasteiger charge is -2.16. The molecule has 0 radical (unpaired) electrons. The zero-order valence-corrected chi connectivity index (χ0v) is 15.6. The summed E-state index contributed by atoms with van der Waals surface area (Å²) in [5, 5.41) is 18.4. The van der Waals surface area contributed by atoms with E-state index in [2.05, 4.69) is 15.0 Å². The number of H-pyrrole nitrogens is 1. The van der Waals surface area contributed by atoms with Gasteiger partial charge in [0.1, 0.15) is 5.75 Å². The van der Waals surface area contributed by atoms with E-state index in [1.54, 1.807) is 12.5 Å². The summed E-state index contributed by atoms with van der Waals surface area (Å²) in [6, 6.07) is 9.29. The first-order chi connectivity index (χ1) is 14.5. The van der Waals surface area contributed by atoms with Crippen LogP contribution in [0.2, 0.25) is 0 Å². The Morgan fingerprint density at radius 2 is 1.90 bits per heavy atom. The summed E-state index contributed by atoms with van der Waals surface area (Å²) >= 11 is 0. The van der Waals surface area contributed by atoms with E-state index in [0.717, 1.165) is 17.3 Å². The van der Waals surface area contributed by atoms with Crippen molar-refractivity contribution in [3.63, 3.8) is 0 Å². The van der Waals surface area contributed by atoms with Crippen LogP contribution in [-0.4, -0.2) is 48.8 Å². The number of imidazole rings is 2. The molecule has 0 aliphatic heterocycles. The van der Waals surface area contributed by atoms with E-state index in [1.165, 1.54) is 19.2 Å². The molecule has 4 aromatic rings. The Bertz CT molecular complexity index is 1230. The number of nitrogens with one attached hydrogen (secondary N) is 1. The number of benzene rings is 2. The first-order valence-electron chi connectivity index (χ1n) is 8.74. The maximum Gasteiger partial charge on any atom is 0.336 e. The van der Waals surface area contributed by atoms with Crippen molar-refractivity contribution < 1.29 is 29.3 Å². The van der Waals surface area contributed by atoms with Crippen LogP contribution >= 0.6 is 0 Å². The van der Waals surface area contributed by atoms with Gasteiger partial charge in [0.15, 0.2) is 5.82 Å². The molecule has 0 saturated carbocycles. The Kier molecular flexibility index (Phi) is 4.90. The van der Waals surface area contributed by atoms with Crippen LogP contribution < -0.4 is 4.74 Å². The number of carboxylic acid groups (broad SMARTS) is 2. The summed E-state index contributed by atoms with van der Waals surface area (Å²) in [6.45, 7) is 0. The first-order valence-corrected chi connectivity index (χ1v) is 8.74. The highest BCUT2D eigenvalue weighted by molar-refractivity contribution is 6.02. The Labute approximate surface area is 169 Å². The number of nitrogens with zero attached hydrogens (tertiary/aromatic N) is 3. The molecule has 2 heterocycles. The quantitative estimate of drug-likeness (QED) is 0.397. The zero-order chi connectivity index (χ0) is 21.3. The van der Waals surface area contributed by atoms with Gasteiger partial charge in [-0.15, -0.1) is 0 Å². The lowest BCUT2D eigenvalue weighted by molar-refractivity contribution is -0.0617. The van der Waals surface area contributed by atoms with Crippen LogP contribution in [0.15, 0.2) is 55.1 Å². The molecule has 0 fully saturated rings. The molecule has 152 valence electrons. The van der Waals surface area contributed by atoms with Crippen molar-refractivity contribution in [2.75, 3.05) is 7.11 Å². The number of hydrogen-bond donors (Lipinski definition) is 3. The van der Waals surface area contributed by atoms with Gasteiger partial charge in [0.25, 0.3) is 6.29 Å². The third-order valence-corrected chi connectivity index (χ3v) is 4.42. The summed E-state index contributed by atoms with van der Waals surface area (Å²) in [7, 11) is 1.42. The number of aromatic carboxylic acids is 2. The third-order valence-electron chi connectivity index (χ3n) is 4.42. The average molecular weight is 408 g/mol. The standard InChI is InChI=1S/C20H16N4O6/c1-29-20(30-12-3-4-13(18(25)26)14(9-12)19(27)28)17-22-15-5-2-11(8-16(15)23-17)24-7-6-21-10-24/h2-10,20H,1H3,(H,22,23)(H,25,26)(H,27,28). The van der Waals surface area contributed by atoms with Gasteiger partial charge in [0.05, 0.1) is 28.5 Å². The number of aromatic nitrogens is 4. The van der Waals surface area contributed by atoms with Crippen LogP contribution in [0.25, 0.3) is 16.7 Å². The van der Waals surface area contributed by atoms with Gasteiger partial charge in [0, 0.05) is 25.2 Å². The molecule has 0 bridgehead atoms. The molecule has 0 saturated heterocycles. The predicted octanol–water partition coefficient (Wildman–Crippen LogP) is 2.87. The smallest absolute Gasteiger partial charge is 0.336 e. The fraction of sp³-hybridized carbons (Fsp3) is 0.100. The number of carboxylic acids is 2. The van der Waals surface area contributed by atoms with E-state index in [9.17, 15) is 14.7 Å². The van der Waals surface area contributed by atoms with Gasteiger partial charge in [-0.2, -0.15) is 0 Å². The van der Waals surface area contributed by atoms with Crippen molar-refractivity contribution in [2.24, 2.45) is 0 Å². The number of methoxy groups -OCH3 is 1. The van der Waals surface area contributed by atoms with E-state index in [0.29, 0.717) is 11.3 Å². The molecule has 2 aromatic carbocycles. The van der Waals surface area contributed by atoms with E-state index in [1.807, 2.05) is 29.0 Å². The van der Waals surface area contributed by atoms with E-state index >= 15 is 0 Å². The monoisotopic (exact) mass is 408 g/mol. The van der Waals surface area contributed by atoms with Gasteiger partial charge in [-0.05, 0) is 36.4 Å². The van der Waals surface area contributed by atoms with Crippen LogP contribution in [0, 0.1) is 0 Å². The Morgan fingerprint density at radius 1 is 1.10 bits per heavy atom. The molecule has 10 nitrogen and oxygen atoms in total. The molecular weight excluding hydrogens is 392 g/mol. The molecule has 2 aromatic heterocycles. The highest BCUT2D eigenvalue weighted by Gasteiger charge is 2.21. The van der Waals surface area contributed by atoms with E-state index in [-0.39, 0.29) is 16.9 Å².